The maximum atomic E-state index is 4.90. The summed E-state index contributed by atoms with van der Waals surface area (Å²) in [5.74, 6) is 0. The Morgan fingerprint density at radius 3 is 2.44 bits per heavy atom. The molecule has 4 nitrogen and oxygen atoms in total. The largest absolute Gasteiger partial charge is 0.408 e. The van der Waals surface area contributed by atoms with Crippen molar-refractivity contribution < 1.29 is 0 Å². The fraction of sp³-hybridized carbons (Fsp3) is 0.370. The highest BCUT2D eigenvalue weighted by molar-refractivity contribution is 6.52. The van der Waals surface area contributed by atoms with Crippen molar-refractivity contribution in [2.24, 2.45) is 0 Å². The molecule has 0 radical (unpaired) electrons. The Morgan fingerprint density at radius 1 is 1.22 bits per heavy atom. The summed E-state index contributed by atoms with van der Waals surface area (Å²) in [7, 11) is 1.94. The molecular formula is C27H39BN4. The summed E-state index contributed by atoms with van der Waals surface area (Å²) in [6.07, 6.45) is 12.4. The van der Waals surface area contributed by atoms with Gasteiger partial charge in [-0.05, 0) is 77.7 Å². The average Bonchev–Trinajstić information content (AvgIpc) is 3.22. The fourth-order valence-corrected chi connectivity index (χ4v) is 4.17. The summed E-state index contributed by atoms with van der Waals surface area (Å²) < 4.78 is 2.01. The second-order valence-electron chi connectivity index (χ2n) is 8.54. The number of hydrogen-bond acceptors (Lipinski definition) is 3. The van der Waals surface area contributed by atoms with E-state index in [2.05, 4.69) is 108 Å². The zero-order valence-electron chi connectivity index (χ0n) is 21.2. The van der Waals surface area contributed by atoms with Crippen LogP contribution in [0.2, 0.25) is 6.82 Å². The van der Waals surface area contributed by atoms with E-state index < -0.39 is 0 Å². The smallest absolute Gasteiger partial charge is 0.335 e. The molecule has 0 bridgehead atoms. The maximum Gasteiger partial charge on any atom is 0.408 e. The van der Waals surface area contributed by atoms with Crippen LogP contribution in [0.3, 0.4) is 0 Å². The number of aryl methyl sites for hydroxylation is 3. The lowest BCUT2D eigenvalue weighted by molar-refractivity contribution is 0.455. The number of hydrazine groups is 1. The Labute approximate surface area is 195 Å². The first-order chi connectivity index (χ1) is 15.2. The second kappa shape index (κ2) is 11.7. The number of benzene rings is 1. The topological polar surface area (TPSA) is 33.1 Å². The van der Waals surface area contributed by atoms with Gasteiger partial charge >= 0.3 is 6.98 Å². The van der Waals surface area contributed by atoms with E-state index in [9.17, 15) is 0 Å². The van der Waals surface area contributed by atoms with Crippen LogP contribution in [0.1, 0.15) is 50.3 Å². The highest BCUT2D eigenvalue weighted by atomic mass is 15.5. The van der Waals surface area contributed by atoms with Gasteiger partial charge in [0.15, 0.2) is 0 Å². The Morgan fingerprint density at radius 2 is 1.88 bits per heavy atom. The molecule has 0 aliphatic carbocycles. The van der Waals surface area contributed by atoms with E-state index in [4.69, 9.17) is 5.10 Å². The zero-order valence-corrected chi connectivity index (χ0v) is 21.2. The van der Waals surface area contributed by atoms with E-state index in [-0.39, 0.29) is 6.98 Å². The van der Waals surface area contributed by atoms with Gasteiger partial charge in [-0.15, -0.1) is 0 Å². The van der Waals surface area contributed by atoms with Crippen molar-refractivity contribution in [3.63, 3.8) is 0 Å². The van der Waals surface area contributed by atoms with Crippen LogP contribution in [-0.2, 0) is 0 Å². The molecule has 0 aliphatic rings. The first kappa shape index (κ1) is 25.5. The van der Waals surface area contributed by atoms with E-state index in [0.717, 1.165) is 18.5 Å². The van der Waals surface area contributed by atoms with Crippen molar-refractivity contribution in [2.45, 2.75) is 61.2 Å². The highest BCUT2D eigenvalue weighted by Crippen LogP contribution is 2.27. The molecule has 0 unspecified atom stereocenters. The molecule has 0 fully saturated rings. The molecule has 2 rings (SSSR count). The van der Waals surface area contributed by atoms with Crippen LogP contribution >= 0.6 is 0 Å². The first-order valence-corrected chi connectivity index (χ1v) is 11.5. The predicted molar refractivity (Wildman–Crippen MR) is 140 cm³/mol. The summed E-state index contributed by atoms with van der Waals surface area (Å²) in [4.78, 5) is 2.08. The number of hydrogen-bond donors (Lipinski definition) is 1. The highest BCUT2D eigenvalue weighted by Gasteiger charge is 2.20. The van der Waals surface area contributed by atoms with Crippen LogP contribution in [0, 0.1) is 20.8 Å². The van der Waals surface area contributed by atoms with Crippen LogP contribution in [0.15, 0.2) is 72.1 Å². The Hall–Kier alpha value is -2.79. The fourth-order valence-electron chi connectivity index (χ4n) is 4.17. The van der Waals surface area contributed by atoms with Crippen molar-refractivity contribution >= 4 is 6.98 Å². The third-order valence-electron chi connectivity index (χ3n) is 5.97. The molecule has 0 spiro atoms. The molecular weight excluding hydrogens is 391 g/mol. The molecule has 0 atom stereocenters. The van der Waals surface area contributed by atoms with Crippen molar-refractivity contribution in [3.05, 3.63) is 88.8 Å². The third-order valence-corrected chi connectivity index (χ3v) is 5.97. The molecule has 0 saturated carbocycles. The predicted octanol–water partition coefficient (Wildman–Crippen LogP) is 6.64. The van der Waals surface area contributed by atoms with E-state index >= 15 is 0 Å². The molecule has 0 aliphatic heterocycles. The summed E-state index contributed by atoms with van der Waals surface area (Å²) in [5, 5.41) is 4.90. The number of aromatic nitrogens is 2. The zero-order chi connectivity index (χ0) is 23.8. The van der Waals surface area contributed by atoms with E-state index in [1.165, 1.54) is 39.0 Å². The number of nitrogens with zero attached hydrogens (tertiary/aromatic N) is 3. The minimum absolute atomic E-state index is 0.0362. The third kappa shape index (κ3) is 6.36. The number of nitrogens with one attached hydrogen (secondary N) is 1. The average molecular weight is 430 g/mol. The van der Waals surface area contributed by atoms with E-state index in [1.807, 2.05) is 17.7 Å². The van der Waals surface area contributed by atoms with Crippen molar-refractivity contribution in [2.75, 3.05) is 7.05 Å². The summed E-state index contributed by atoms with van der Waals surface area (Å²) in [6.45, 7) is 19.0. The van der Waals surface area contributed by atoms with E-state index in [1.54, 1.807) is 0 Å². The lowest BCUT2D eigenvalue weighted by Gasteiger charge is -2.24. The number of rotatable bonds is 10. The molecule has 32 heavy (non-hydrogen) atoms. The maximum absolute atomic E-state index is 4.90. The molecule has 0 saturated heterocycles. The van der Waals surface area contributed by atoms with Gasteiger partial charge in [-0.2, -0.15) is 5.10 Å². The van der Waals surface area contributed by atoms with Crippen LogP contribution in [-0.4, -0.2) is 28.6 Å². The first-order valence-electron chi connectivity index (χ1n) is 11.5. The van der Waals surface area contributed by atoms with Crippen LogP contribution in [0.4, 0.5) is 0 Å². The SMILES string of the molecule is C=C/C(C)=C\C(C)=C(/CC)C/C=C\N(NC)B(C)n1ccc(-c2c(C)cc(C)cc2C)n1. The van der Waals surface area contributed by atoms with Crippen molar-refractivity contribution in [1.29, 1.82) is 0 Å². The summed E-state index contributed by atoms with van der Waals surface area (Å²) in [5.41, 5.74) is 13.3. The van der Waals surface area contributed by atoms with Gasteiger partial charge in [0.05, 0.1) is 5.69 Å². The van der Waals surface area contributed by atoms with Gasteiger partial charge in [-0.1, -0.05) is 66.1 Å². The van der Waals surface area contributed by atoms with Crippen molar-refractivity contribution in [1.82, 2.24) is 20.0 Å². The molecule has 1 aromatic carbocycles. The minimum Gasteiger partial charge on any atom is -0.335 e. The summed E-state index contributed by atoms with van der Waals surface area (Å²) >= 11 is 0. The molecule has 1 aromatic heterocycles. The molecule has 1 N–H and O–H groups in total. The van der Waals surface area contributed by atoms with Crippen LogP contribution in [0.5, 0.6) is 0 Å². The Balaban J connectivity index is 2.19. The van der Waals surface area contributed by atoms with Crippen molar-refractivity contribution in [3.8, 4) is 11.3 Å². The monoisotopic (exact) mass is 430 g/mol. The van der Waals surface area contributed by atoms with E-state index in [0.29, 0.717) is 0 Å². The Kier molecular flexibility index (Phi) is 9.34. The van der Waals surface area contributed by atoms with Gasteiger partial charge in [-0.3, -0.25) is 4.59 Å². The quantitative estimate of drug-likeness (QED) is 0.261. The lowest BCUT2D eigenvalue weighted by atomic mass is 9.80. The van der Waals surface area contributed by atoms with Gasteiger partial charge in [-0.25, -0.2) is 5.43 Å². The van der Waals surface area contributed by atoms with Gasteiger partial charge in [0.1, 0.15) is 0 Å². The summed E-state index contributed by atoms with van der Waals surface area (Å²) in [6, 6.07) is 6.55. The molecule has 0 amide bonds. The van der Waals surface area contributed by atoms with Crippen LogP contribution in [0.25, 0.3) is 11.3 Å². The normalized spacial score (nSPS) is 12.8. The van der Waals surface area contributed by atoms with Gasteiger partial charge in [0, 0.05) is 18.8 Å². The molecule has 170 valence electrons. The van der Waals surface area contributed by atoms with Gasteiger partial charge < -0.3 is 4.92 Å². The Bertz CT molecular complexity index is 1000. The molecule has 5 heteroatoms. The van der Waals surface area contributed by atoms with Gasteiger partial charge in [0.2, 0.25) is 0 Å². The standard InChI is InChI=1S/C27H39BN4/c1-10-20(3)17-22(5)25(11-2)13-12-15-31(29-9)28(8)32-16-14-26(30-32)27-23(6)18-21(4)19-24(27)7/h10,12,14-19,29H,1,11,13H2,2-9H3/b15-12-,20-17-,25-22+. The lowest BCUT2D eigenvalue weighted by Crippen LogP contribution is -2.46. The second-order valence-corrected chi connectivity index (χ2v) is 8.54. The van der Waals surface area contributed by atoms with Crippen LogP contribution < -0.4 is 5.43 Å². The molecule has 2 aromatic rings. The molecule has 1 heterocycles. The minimum atomic E-state index is 0.0362. The number of allylic oxidation sites excluding steroid dienone is 6. The van der Waals surface area contributed by atoms with Gasteiger partial charge in [0.25, 0.3) is 0 Å².